The fourth-order valence-electron chi connectivity index (χ4n) is 1.86. The van der Waals surface area contributed by atoms with Gasteiger partial charge in [0.25, 0.3) is 0 Å². The van der Waals surface area contributed by atoms with Crippen LogP contribution in [0.2, 0.25) is 0 Å². The highest BCUT2D eigenvalue weighted by Crippen LogP contribution is 2.07. The fourth-order valence-corrected chi connectivity index (χ4v) is 1.86. The van der Waals surface area contributed by atoms with Crippen LogP contribution in [-0.2, 0) is 11.2 Å². The molecule has 0 unspecified atom stereocenters. The molecule has 1 aromatic rings. The van der Waals surface area contributed by atoms with Gasteiger partial charge in [-0.05, 0) is 18.9 Å². The van der Waals surface area contributed by atoms with E-state index in [0.29, 0.717) is 31.5 Å². The van der Waals surface area contributed by atoms with Gasteiger partial charge in [0.2, 0.25) is 5.91 Å². The van der Waals surface area contributed by atoms with E-state index in [9.17, 15) is 4.79 Å². The van der Waals surface area contributed by atoms with Crippen LogP contribution in [0.4, 0.5) is 0 Å². The summed E-state index contributed by atoms with van der Waals surface area (Å²) in [6.45, 7) is 3.18. The van der Waals surface area contributed by atoms with E-state index in [1.165, 1.54) is 0 Å². The summed E-state index contributed by atoms with van der Waals surface area (Å²) in [6, 6.07) is 6.99. The number of nitrogens with zero attached hydrogens (tertiary/aromatic N) is 2. The molecule has 0 aliphatic carbocycles. The Balaban J connectivity index is 2.65. The first kappa shape index (κ1) is 16.0. The first-order valence-electron chi connectivity index (χ1n) is 6.57. The SMILES string of the molecule is CCN(CCCO)C(=O)Cc1ccc(/C(N)=N/O)cc1. The molecule has 0 fully saturated rings. The number of nitrogens with two attached hydrogens (primary N) is 1. The van der Waals surface area contributed by atoms with Crippen molar-refractivity contribution >= 4 is 11.7 Å². The van der Waals surface area contributed by atoms with Gasteiger partial charge in [-0.25, -0.2) is 0 Å². The number of rotatable bonds is 7. The summed E-state index contributed by atoms with van der Waals surface area (Å²) in [7, 11) is 0. The number of carbonyl (C=O) groups is 1. The molecule has 4 N–H and O–H groups in total. The van der Waals surface area contributed by atoms with Crippen LogP contribution in [0.25, 0.3) is 0 Å². The molecule has 6 nitrogen and oxygen atoms in total. The van der Waals surface area contributed by atoms with Gasteiger partial charge in [0.15, 0.2) is 5.84 Å². The van der Waals surface area contributed by atoms with Gasteiger partial charge < -0.3 is 20.9 Å². The van der Waals surface area contributed by atoms with E-state index >= 15 is 0 Å². The largest absolute Gasteiger partial charge is 0.409 e. The predicted octanol–water partition coefficient (Wildman–Crippen LogP) is 0.554. The van der Waals surface area contributed by atoms with Crippen molar-refractivity contribution in [1.29, 1.82) is 0 Å². The van der Waals surface area contributed by atoms with E-state index in [1.807, 2.05) is 6.92 Å². The molecule has 1 amide bonds. The molecule has 0 heterocycles. The highest BCUT2D eigenvalue weighted by atomic mass is 16.4. The van der Waals surface area contributed by atoms with Crippen LogP contribution in [0.1, 0.15) is 24.5 Å². The molecular weight excluding hydrogens is 258 g/mol. The summed E-state index contributed by atoms with van der Waals surface area (Å²) in [5.74, 6) is 0.0681. The van der Waals surface area contributed by atoms with E-state index in [0.717, 1.165) is 5.56 Å². The maximum atomic E-state index is 12.1. The van der Waals surface area contributed by atoms with Crippen molar-refractivity contribution in [2.24, 2.45) is 10.9 Å². The normalized spacial score (nSPS) is 11.4. The third-order valence-corrected chi connectivity index (χ3v) is 3.03. The Morgan fingerprint density at radius 2 is 2.00 bits per heavy atom. The summed E-state index contributed by atoms with van der Waals surface area (Å²) >= 11 is 0. The molecule has 0 aliphatic rings. The summed E-state index contributed by atoms with van der Waals surface area (Å²) in [6.07, 6.45) is 0.887. The van der Waals surface area contributed by atoms with Crippen LogP contribution in [0, 0.1) is 0 Å². The highest BCUT2D eigenvalue weighted by molar-refractivity contribution is 5.97. The van der Waals surface area contributed by atoms with Crippen molar-refractivity contribution in [2.75, 3.05) is 19.7 Å². The maximum absolute atomic E-state index is 12.1. The second kappa shape index (κ2) is 8.16. The average molecular weight is 279 g/mol. The van der Waals surface area contributed by atoms with E-state index in [2.05, 4.69) is 5.16 Å². The molecule has 110 valence electrons. The van der Waals surface area contributed by atoms with Gasteiger partial charge in [-0.2, -0.15) is 0 Å². The lowest BCUT2D eigenvalue weighted by atomic mass is 10.1. The number of likely N-dealkylation sites (N-methyl/N-ethyl adjacent to an activating group) is 1. The summed E-state index contributed by atoms with van der Waals surface area (Å²) in [5, 5.41) is 20.3. The lowest BCUT2D eigenvalue weighted by Gasteiger charge is -2.20. The zero-order valence-corrected chi connectivity index (χ0v) is 11.6. The van der Waals surface area contributed by atoms with Crippen LogP contribution in [0.5, 0.6) is 0 Å². The van der Waals surface area contributed by atoms with Crippen LogP contribution in [-0.4, -0.2) is 46.7 Å². The summed E-state index contributed by atoms with van der Waals surface area (Å²) in [4.78, 5) is 13.8. The number of aliphatic hydroxyl groups is 1. The van der Waals surface area contributed by atoms with Gasteiger partial charge in [-0.1, -0.05) is 29.4 Å². The van der Waals surface area contributed by atoms with Crippen molar-refractivity contribution in [1.82, 2.24) is 4.90 Å². The molecular formula is C14H21N3O3. The number of carbonyl (C=O) groups excluding carboxylic acids is 1. The average Bonchev–Trinajstić information content (AvgIpc) is 2.48. The summed E-state index contributed by atoms with van der Waals surface area (Å²) < 4.78 is 0. The minimum atomic E-state index is 0.0255. The first-order valence-corrected chi connectivity index (χ1v) is 6.57. The number of hydrogen-bond acceptors (Lipinski definition) is 4. The first-order chi connectivity index (χ1) is 9.62. The molecule has 1 aromatic carbocycles. The van der Waals surface area contributed by atoms with Crippen molar-refractivity contribution in [2.45, 2.75) is 19.8 Å². The number of amidine groups is 1. The van der Waals surface area contributed by atoms with Gasteiger partial charge in [0.1, 0.15) is 0 Å². The third kappa shape index (κ3) is 4.55. The van der Waals surface area contributed by atoms with Gasteiger partial charge in [-0.15, -0.1) is 0 Å². The molecule has 0 spiro atoms. The molecule has 0 saturated carbocycles. The zero-order chi connectivity index (χ0) is 15.0. The Morgan fingerprint density at radius 3 is 2.50 bits per heavy atom. The lowest BCUT2D eigenvalue weighted by molar-refractivity contribution is -0.130. The van der Waals surface area contributed by atoms with Crippen molar-refractivity contribution in [3.8, 4) is 0 Å². The minimum absolute atomic E-state index is 0.0255. The minimum Gasteiger partial charge on any atom is -0.409 e. The number of amides is 1. The number of oxime groups is 1. The van der Waals surface area contributed by atoms with Crippen LogP contribution in [0.15, 0.2) is 29.4 Å². The monoisotopic (exact) mass is 279 g/mol. The van der Waals surface area contributed by atoms with Crippen molar-refractivity contribution in [3.63, 3.8) is 0 Å². The smallest absolute Gasteiger partial charge is 0.226 e. The Kier molecular flexibility index (Phi) is 6.52. The van der Waals surface area contributed by atoms with E-state index in [1.54, 1.807) is 29.2 Å². The molecule has 6 heteroatoms. The quantitative estimate of drug-likeness (QED) is 0.294. The van der Waals surface area contributed by atoms with Gasteiger partial charge in [-0.3, -0.25) is 4.79 Å². The molecule has 0 radical (unpaired) electrons. The van der Waals surface area contributed by atoms with Crippen LogP contribution >= 0.6 is 0 Å². The van der Waals surface area contributed by atoms with E-state index in [4.69, 9.17) is 16.0 Å². The van der Waals surface area contributed by atoms with Gasteiger partial charge in [0.05, 0.1) is 6.42 Å². The fraction of sp³-hybridized carbons (Fsp3) is 0.429. The van der Waals surface area contributed by atoms with Crippen molar-refractivity contribution < 1.29 is 15.1 Å². The standard InChI is InChI=1S/C14H21N3O3/c1-2-17(8-3-9-18)13(19)10-11-4-6-12(7-5-11)14(15)16-20/h4-7,18,20H,2-3,8-10H2,1H3,(H2,15,16). The Hall–Kier alpha value is -2.08. The molecule has 0 aliphatic heterocycles. The Morgan fingerprint density at radius 1 is 1.35 bits per heavy atom. The topological polar surface area (TPSA) is 99.2 Å². The number of hydrogen-bond donors (Lipinski definition) is 3. The molecule has 0 bridgehead atoms. The van der Waals surface area contributed by atoms with Gasteiger partial charge >= 0.3 is 0 Å². The summed E-state index contributed by atoms with van der Waals surface area (Å²) in [5.41, 5.74) is 6.95. The Labute approximate surface area is 118 Å². The van der Waals surface area contributed by atoms with Gasteiger partial charge in [0, 0.05) is 25.3 Å². The molecule has 1 rings (SSSR count). The molecule has 20 heavy (non-hydrogen) atoms. The third-order valence-electron chi connectivity index (χ3n) is 3.03. The molecule has 0 saturated heterocycles. The Bertz CT molecular complexity index is 457. The molecule has 0 atom stereocenters. The number of aliphatic hydroxyl groups excluding tert-OH is 1. The highest BCUT2D eigenvalue weighted by Gasteiger charge is 2.12. The second-order valence-electron chi connectivity index (χ2n) is 4.41. The second-order valence-corrected chi connectivity index (χ2v) is 4.41. The molecule has 0 aromatic heterocycles. The maximum Gasteiger partial charge on any atom is 0.226 e. The zero-order valence-electron chi connectivity index (χ0n) is 11.6. The lowest BCUT2D eigenvalue weighted by Crippen LogP contribution is -2.33. The van der Waals surface area contributed by atoms with Crippen molar-refractivity contribution in [3.05, 3.63) is 35.4 Å². The van der Waals surface area contributed by atoms with E-state index < -0.39 is 0 Å². The number of benzene rings is 1. The van der Waals surface area contributed by atoms with Crippen LogP contribution in [0.3, 0.4) is 0 Å². The van der Waals surface area contributed by atoms with Crippen LogP contribution < -0.4 is 5.73 Å². The predicted molar refractivity (Wildman–Crippen MR) is 76.6 cm³/mol. The van der Waals surface area contributed by atoms with E-state index in [-0.39, 0.29) is 18.3 Å².